The van der Waals surface area contributed by atoms with Gasteiger partial charge < -0.3 is 14.8 Å². The maximum atomic E-state index is 12.3. The number of benzene rings is 1. The van der Waals surface area contributed by atoms with Crippen LogP contribution < -0.4 is 10.1 Å². The molecule has 9 heteroatoms. The highest BCUT2D eigenvalue weighted by molar-refractivity contribution is 7.88. The van der Waals surface area contributed by atoms with Crippen LogP contribution in [0.15, 0.2) is 24.3 Å². The fraction of sp³-hybridized carbons (Fsp3) is 0.579. The summed E-state index contributed by atoms with van der Waals surface area (Å²) in [6, 6.07) is 6.53. The molecule has 1 saturated carbocycles. The number of hydrogen-bond acceptors (Lipinski definition) is 6. The summed E-state index contributed by atoms with van der Waals surface area (Å²) in [6.07, 6.45) is 4.13. The third-order valence-corrected chi connectivity index (χ3v) is 6.42. The molecule has 1 aromatic rings. The lowest BCUT2D eigenvalue weighted by molar-refractivity contribution is -0.151. The van der Waals surface area contributed by atoms with Crippen molar-refractivity contribution in [3.8, 4) is 5.75 Å². The van der Waals surface area contributed by atoms with Gasteiger partial charge in [-0.2, -0.15) is 4.31 Å². The van der Waals surface area contributed by atoms with E-state index in [1.807, 2.05) is 24.3 Å². The molecule has 1 saturated heterocycles. The first kappa shape index (κ1) is 20.6. The van der Waals surface area contributed by atoms with Crippen LogP contribution in [0.2, 0.25) is 0 Å². The second-order valence-corrected chi connectivity index (χ2v) is 9.23. The number of carbonyl (C=O) groups is 2. The van der Waals surface area contributed by atoms with Crippen molar-refractivity contribution >= 4 is 21.9 Å². The Balaban J connectivity index is 1.55. The van der Waals surface area contributed by atoms with Gasteiger partial charge in [-0.15, -0.1) is 0 Å². The zero-order chi connectivity index (χ0) is 20.3. The molecule has 8 nitrogen and oxygen atoms in total. The van der Waals surface area contributed by atoms with Crippen molar-refractivity contribution in [3.63, 3.8) is 0 Å². The maximum absolute atomic E-state index is 12.3. The van der Waals surface area contributed by atoms with Gasteiger partial charge in [0.2, 0.25) is 10.0 Å². The molecule has 28 heavy (non-hydrogen) atoms. The van der Waals surface area contributed by atoms with E-state index in [2.05, 4.69) is 5.32 Å². The van der Waals surface area contributed by atoms with Crippen LogP contribution in [0.4, 0.5) is 0 Å². The normalized spacial score (nSPS) is 21.1. The van der Waals surface area contributed by atoms with Crippen molar-refractivity contribution in [3.05, 3.63) is 29.8 Å². The van der Waals surface area contributed by atoms with E-state index in [9.17, 15) is 18.0 Å². The number of hydrogen-bond donors (Lipinski definition) is 1. The molecule has 0 radical (unpaired) electrons. The summed E-state index contributed by atoms with van der Waals surface area (Å²) in [5.74, 6) is 0.0321. The Morgan fingerprint density at radius 3 is 2.46 bits per heavy atom. The van der Waals surface area contributed by atoms with Gasteiger partial charge in [-0.1, -0.05) is 12.1 Å². The summed E-state index contributed by atoms with van der Waals surface area (Å²) < 4.78 is 34.9. The summed E-state index contributed by atoms with van der Waals surface area (Å²) in [4.78, 5) is 24.6. The highest BCUT2D eigenvalue weighted by atomic mass is 32.2. The molecule has 3 rings (SSSR count). The van der Waals surface area contributed by atoms with Crippen LogP contribution in [0.3, 0.4) is 0 Å². The fourth-order valence-corrected chi connectivity index (χ4v) is 4.65. The van der Waals surface area contributed by atoms with Crippen LogP contribution in [0.1, 0.15) is 37.3 Å². The molecule has 1 aromatic carbocycles. The molecule has 1 heterocycles. The first-order valence-corrected chi connectivity index (χ1v) is 11.2. The molecule has 1 unspecified atom stereocenters. The van der Waals surface area contributed by atoms with Gasteiger partial charge in [0.15, 0.2) is 6.61 Å². The monoisotopic (exact) mass is 410 g/mol. The SMILES string of the molecule is COc1ccc(C(NC(=O)COC(=O)[C@@H]2CCCN2S(C)(=O)=O)C2CC2)cc1. The van der Waals surface area contributed by atoms with Gasteiger partial charge in [0.25, 0.3) is 5.91 Å². The molecule has 0 bridgehead atoms. The number of ether oxygens (including phenoxy) is 2. The van der Waals surface area contributed by atoms with Crippen LogP contribution in [0, 0.1) is 5.92 Å². The van der Waals surface area contributed by atoms with Gasteiger partial charge in [0.05, 0.1) is 19.4 Å². The predicted octanol–water partition coefficient (Wildman–Crippen LogP) is 1.23. The number of esters is 1. The maximum Gasteiger partial charge on any atom is 0.324 e. The topological polar surface area (TPSA) is 102 Å². The van der Waals surface area contributed by atoms with Crippen LogP contribution in [-0.2, 0) is 24.3 Å². The third-order valence-electron chi connectivity index (χ3n) is 5.13. The zero-order valence-electron chi connectivity index (χ0n) is 16.1. The van der Waals surface area contributed by atoms with Crippen LogP contribution in [-0.4, -0.2) is 57.2 Å². The standard InChI is InChI=1S/C19H26N2O6S/c1-26-15-9-7-14(8-10-15)18(13-5-6-13)20-17(22)12-27-19(23)16-4-3-11-21(16)28(2,24)25/h7-10,13,16,18H,3-6,11-12H2,1-2H3,(H,20,22)/t16-,18?/m0/s1. The molecular weight excluding hydrogens is 384 g/mol. The Kier molecular flexibility index (Phi) is 6.24. The highest BCUT2D eigenvalue weighted by Crippen LogP contribution is 2.41. The highest BCUT2D eigenvalue weighted by Gasteiger charge is 2.38. The zero-order valence-corrected chi connectivity index (χ0v) is 16.9. The Bertz CT molecular complexity index is 819. The molecule has 1 aliphatic heterocycles. The largest absolute Gasteiger partial charge is 0.497 e. The van der Waals surface area contributed by atoms with Gasteiger partial charge in [-0.25, -0.2) is 8.42 Å². The summed E-state index contributed by atoms with van der Waals surface area (Å²) in [6.45, 7) is -0.127. The minimum atomic E-state index is -3.48. The van der Waals surface area contributed by atoms with Crippen molar-refractivity contribution in [1.82, 2.24) is 9.62 Å². The molecule has 2 atom stereocenters. The van der Waals surface area contributed by atoms with E-state index in [1.165, 1.54) is 0 Å². The Morgan fingerprint density at radius 2 is 1.89 bits per heavy atom. The van der Waals surface area contributed by atoms with Crippen LogP contribution >= 0.6 is 0 Å². The van der Waals surface area contributed by atoms with Crippen molar-refractivity contribution in [2.45, 2.75) is 37.8 Å². The average Bonchev–Trinajstić information content (AvgIpc) is 3.37. The lowest BCUT2D eigenvalue weighted by Gasteiger charge is -2.21. The van der Waals surface area contributed by atoms with Crippen LogP contribution in [0.25, 0.3) is 0 Å². The molecule has 154 valence electrons. The minimum Gasteiger partial charge on any atom is -0.497 e. The molecule has 2 fully saturated rings. The van der Waals surface area contributed by atoms with Gasteiger partial charge in [-0.3, -0.25) is 9.59 Å². The van der Waals surface area contributed by atoms with E-state index in [4.69, 9.17) is 9.47 Å². The first-order chi connectivity index (χ1) is 13.3. The van der Waals surface area contributed by atoms with Crippen molar-refractivity contribution in [2.24, 2.45) is 5.92 Å². The number of amides is 1. The molecule has 1 aliphatic carbocycles. The number of carbonyl (C=O) groups excluding carboxylic acids is 2. The molecule has 1 amide bonds. The number of rotatable bonds is 8. The second-order valence-electron chi connectivity index (χ2n) is 7.30. The van der Waals surface area contributed by atoms with Gasteiger partial charge in [0.1, 0.15) is 11.8 Å². The Hall–Kier alpha value is -2.13. The van der Waals surface area contributed by atoms with Crippen molar-refractivity contribution in [2.75, 3.05) is 26.5 Å². The quantitative estimate of drug-likeness (QED) is 0.647. The second kappa shape index (κ2) is 8.48. The molecule has 1 N–H and O–H groups in total. The Labute approximate surface area is 165 Å². The lowest BCUT2D eigenvalue weighted by Crippen LogP contribution is -2.42. The van der Waals surface area contributed by atoms with Crippen LogP contribution in [0.5, 0.6) is 5.75 Å². The third kappa shape index (κ3) is 5.02. The first-order valence-electron chi connectivity index (χ1n) is 9.36. The molecule has 0 aromatic heterocycles. The number of nitrogens with one attached hydrogen (secondary N) is 1. The van der Waals surface area contributed by atoms with Gasteiger partial charge in [-0.05, 0) is 49.3 Å². The summed E-state index contributed by atoms with van der Waals surface area (Å²) in [5, 5.41) is 2.93. The predicted molar refractivity (Wildman–Crippen MR) is 102 cm³/mol. The lowest BCUT2D eigenvalue weighted by atomic mass is 10.0. The number of nitrogens with zero attached hydrogens (tertiary/aromatic N) is 1. The minimum absolute atomic E-state index is 0.142. The van der Waals surface area contributed by atoms with E-state index >= 15 is 0 Å². The van der Waals surface area contributed by atoms with E-state index in [1.54, 1.807) is 7.11 Å². The summed E-state index contributed by atoms with van der Waals surface area (Å²) >= 11 is 0. The number of methoxy groups -OCH3 is 1. The average molecular weight is 410 g/mol. The van der Waals surface area contributed by atoms with E-state index in [0.29, 0.717) is 25.3 Å². The molecular formula is C19H26N2O6S. The molecule has 0 spiro atoms. The fourth-order valence-electron chi connectivity index (χ4n) is 3.53. The smallest absolute Gasteiger partial charge is 0.324 e. The Morgan fingerprint density at radius 1 is 1.21 bits per heavy atom. The van der Waals surface area contributed by atoms with E-state index in [0.717, 1.165) is 34.7 Å². The van der Waals surface area contributed by atoms with Crippen molar-refractivity contribution < 1.29 is 27.5 Å². The van der Waals surface area contributed by atoms with E-state index < -0.39 is 34.5 Å². The van der Waals surface area contributed by atoms with Gasteiger partial charge >= 0.3 is 5.97 Å². The molecule has 2 aliphatic rings. The van der Waals surface area contributed by atoms with Gasteiger partial charge in [0, 0.05) is 6.54 Å². The van der Waals surface area contributed by atoms with E-state index in [-0.39, 0.29) is 6.04 Å². The van der Waals surface area contributed by atoms with Crippen molar-refractivity contribution in [1.29, 1.82) is 0 Å². The number of sulfonamides is 1. The summed E-state index contributed by atoms with van der Waals surface area (Å²) in [5.41, 5.74) is 0.974. The summed E-state index contributed by atoms with van der Waals surface area (Å²) in [7, 11) is -1.88.